The number of nitrogens with two attached hydrogens (primary N) is 1. The van der Waals surface area contributed by atoms with Gasteiger partial charge in [0.25, 0.3) is 10.0 Å². The van der Waals surface area contributed by atoms with Crippen molar-refractivity contribution in [1.29, 1.82) is 0 Å². The summed E-state index contributed by atoms with van der Waals surface area (Å²) in [6.07, 6.45) is 1.08. The first-order valence-corrected chi connectivity index (χ1v) is 6.48. The number of hydrogen-bond acceptors (Lipinski definition) is 7. The summed E-state index contributed by atoms with van der Waals surface area (Å²) in [7, 11) is -3.89. The van der Waals surface area contributed by atoms with E-state index < -0.39 is 10.0 Å². The standard InChI is InChI=1S/C8H8ClN5O3S/c1-4-12-13-8(17-4)14-18(15,16)5-2-6(9)7(10)11-3-5/h2-3H,1H3,(H2,10,11)(H,13,14). The zero-order valence-corrected chi connectivity index (χ0v) is 10.7. The van der Waals surface area contributed by atoms with Gasteiger partial charge in [0.15, 0.2) is 0 Å². The van der Waals surface area contributed by atoms with Gasteiger partial charge in [-0.15, -0.1) is 5.10 Å². The highest BCUT2D eigenvalue weighted by Crippen LogP contribution is 2.21. The predicted molar refractivity (Wildman–Crippen MR) is 63.5 cm³/mol. The average molecular weight is 290 g/mol. The molecule has 2 heterocycles. The fourth-order valence-electron chi connectivity index (χ4n) is 1.09. The Morgan fingerprint density at radius 3 is 2.72 bits per heavy atom. The van der Waals surface area contributed by atoms with Crippen molar-refractivity contribution in [3.8, 4) is 0 Å². The van der Waals surface area contributed by atoms with Crippen molar-refractivity contribution in [2.45, 2.75) is 11.8 Å². The van der Waals surface area contributed by atoms with Gasteiger partial charge in [0.2, 0.25) is 5.89 Å². The highest BCUT2D eigenvalue weighted by atomic mass is 35.5. The van der Waals surface area contributed by atoms with Crippen molar-refractivity contribution in [1.82, 2.24) is 15.2 Å². The molecule has 8 nitrogen and oxygen atoms in total. The molecule has 0 aliphatic heterocycles. The summed E-state index contributed by atoms with van der Waals surface area (Å²) in [5.74, 6) is 0.283. The van der Waals surface area contributed by atoms with Crippen molar-refractivity contribution in [3.63, 3.8) is 0 Å². The van der Waals surface area contributed by atoms with E-state index in [-0.39, 0.29) is 27.6 Å². The molecule has 10 heteroatoms. The van der Waals surface area contributed by atoms with E-state index in [1.54, 1.807) is 0 Å². The summed E-state index contributed by atoms with van der Waals surface area (Å²) in [5, 5.41) is 7.04. The highest BCUT2D eigenvalue weighted by Gasteiger charge is 2.19. The Morgan fingerprint density at radius 2 is 2.17 bits per heavy atom. The van der Waals surface area contributed by atoms with Crippen molar-refractivity contribution in [2.75, 3.05) is 10.5 Å². The van der Waals surface area contributed by atoms with Crippen LogP contribution < -0.4 is 10.5 Å². The monoisotopic (exact) mass is 289 g/mol. The van der Waals surface area contributed by atoms with Crippen molar-refractivity contribution < 1.29 is 12.8 Å². The first-order chi connectivity index (χ1) is 8.38. The number of nitrogens with zero attached hydrogens (tertiary/aromatic N) is 3. The van der Waals surface area contributed by atoms with Crippen LogP contribution in [0.5, 0.6) is 0 Å². The first kappa shape index (κ1) is 12.6. The maximum Gasteiger partial charge on any atom is 0.329 e. The van der Waals surface area contributed by atoms with Gasteiger partial charge in [-0.1, -0.05) is 16.7 Å². The van der Waals surface area contributed by atoms with Gasteiger partial charge in [-0.3, -0.25) is 0 Å². The third-order valence-corrected chi connectivity index (χ3v) is 3.49. The number of pyridine rings is 1. The van der Waals surface area contributed by atoms with E-state index >= 15 is 0 Å². The van der Waals surface area contributed by atoms with Crippen LogP contribution in [0.15, 0.2) is 21.6 Å². The lowest BCUT2D eigenvalue weighted by Crippen LogP contribution is -2.13. The normalized spacial score (nSPS) is 11.4. The van der Waals surface area contributed by atoms with E-state index in [0.29, 0.717) is 0 Å². The van der Waals surface area contributed by atoms with Gasteiger partial charge in [0, 0.05) is 13.1 Å². The molecule has 3 N–H and O–H groups in total. The van der Waals surface area contributed by atoms with Gasteiger partial charge < -0.3 is 10.2 Å². The second-order valence-corrected chi connectivity index (χ2v) is 5.36. The number of anilines is 2. The number of halogens is 1. The average Bonchev–Trinajstić information content (AvgIpc) is 2.67. The van der Waals surface area contributed by atoms with Crippen LogP contribution in [-0.2, 0) is 10.0 Å². The maximum atomic E-state index is 11.9. The minimum Gasteiger partial charge on any atom is -0.408 e. The number of nitrogens with one attached hydrogen (secondary N) is 1. The lowest BCUT2D eigenvalue weighted by molar-refractivity contribution is 0.534. The smallest absolute Gasteiger partial charge is 0.329 e. The molecule has 0 saturated heterocycles. The molecular formula is C8H8ClN5O3S. The van der Waals surface area contributed by atoms with E-state index in [1.807, 2.05) is 0 Å². The molecule has 2 aromatic heterocycles. The molecule has 0 spiro atoms. The molecule has 96 valence electrons. The number of hydrogen-bond donors (Lipinski definition) is 2. The van der Waals surface area contributed by atoms with E-state index in [0.717, 1.165) is 6.20 Å². The minimum atomic E-state index is -3.89. The van der Waals surface area contributed by atoms with E-state index in [9.17, 15) is 8.42 Å². The van der Waals surface area contributed by atoms with Crippen LogP contribution in [0, 0.1) is 6.92 Å². The maximum absolute atomic E-state index is 11.9. The molecule has 0 saturated carbocycles. The Hall–Kier alpha value is -1.87. The van der Waals surface area contributed by atoms with Crippen LogP contribution in [0.1, 0.15) is 5.89 Å². The highest BCUT2D eigenvalue weighted by molar-refractivity contribution is 7.92. The van der Waals surface area contributed by atoms with Crippen molar-refractivity contribution in [3.05, 3.63) is 23.2 Å². The number of aryl methyl sites for hydroxylation is 1. The van der Waals surface area contributed by atoms with Gasteiger partial charge in [0.05, 0.1) is 5.02 Å². The van der Waals surface area contributed by atoms with Crippen LogP contribution in [0.4, 0.5) is 11.8 Å². The summed E-state index contributed by atoms with van der Waals surface area (Å²) >= 11 is 5.70. The van der Waals surface area contributed by atoms with Crippen molar-refractivity contribution in [2.24, 2.45) is 0 Å². The summed E-state index contributed by atoms with van der Waals surface area (Å²) in [4.78, 5) is 3.50. The molecule has 0 aliphatic rings. The lowest BCUT2D eigenvalue weighted by atomic mass is 10.5. The van der Waals surface area contributed by atoms with Crippen molar-refractivity contribution >= 4 is 33.5 Å². The lowest BCUT2D eigenvalue weighted by Gasteiger charge is -2.04. The Labute approximate surface area is 107 Å². The van der Waals surface area contributed by atoms with Gasteiger partial charge in [-0.05, 0) is 6.07 Å². The molecule has 0 bridgehead atoms. The van der Waals surface area contributed by atoms with Crippen LogP contribution >= 0.6 is 11.6 Å². The van der Waals surface area contributed by atoms with E-state index in [2.05, 4.69) is 19.9 Å². The zero-order chi connectivity index (χ0) is 13.3. The predicted octanol–water partition coefficient (Wildman–Crippen LogP) is 0.809. The zero-order valence-electron chi connectivity index (χ0n) is 9.08. The summed E-state index contributed by atoms with van der Waals surface area (Å²) in [6.45, 7) is 1.53. The van der Waals surface area contributed by atoms with Gasteiger partial charge >= 0.3 is 6.01 Å². The molecule has 0 atom stereocenters. The van der Waals surface area contributed by atoms with Gasteiger partial charge in [0.1, 0.15) is 10.7 Å². The third kappa shape index (κ3) is 2.51. The van der Waals surface area contributed by atoms with Gasteiger partial charge in [-0.2, -0.15) is 0 Å². The molecule has 0 fully saturated rings. The molecular weight excluding hydrogens is 282 g/mol. The molecule has 0 amide bonds. The minimum absolute atomic E-state index is 0.0413. The molecule has 2 aromatic rings. The molecule has 0 radical (unpaired) electrons. The van der Waals surface area contributed by atoms with Crippen LogP contribution in [0.3, 0.4) is 0 Å². The first-order valence-electron chi connectivity index (χ1n) is 4.62. The fraction of sp³-hybridized carbons (Fsp3) is 0.125. The quantitative estimate of drug-likeness (QED) is 0.856. The molecule has 2 rings (SSSR count). The Bertz CT molecular complexity index is 684. The van der Waals surface area contributed by atoms with Crippen LogP contribution in [-0.4, -0.2) is 23.6 Å². The Kier molecular flexibility index (Phi) is 3.09. The van der Waals surface area contributed by atoms with Crippen LogP contribution in [0.25, 0.3) is 0 Å². The Balaban J connectivity index is 2.33. The molecule has 0 unspecified atom stereocenters. The largest absolute Gasteiger partial charge is 0.408 e. The van der Waals surface area contributed by atoms with E-state index in [1.165, 1.54) is 13.0 Å². The summed E-state index contributed by atoms with van der Waals surface area (Å²) in [6, 6.07) is 0.940. The summed E-state index contributed by atoms with van der Waals surface area (Å²) < 4.78 is 30.8. The number of sulfonamides is 1. The van der Waals surface area contributed by atoms with Gasteiger partial charge in [-0.25, -0.2) is 18.1 Å². The molecule has 0 aliphatic carbocycles. The number of nitrogen functional groups attached to an aromatic ring is 1. The topological polar surface area (TPSA) is 124 Å². The second-order valence-electron chi connectivity index (χ2n) is 3.27. The molecule has 18 heavy (non-hydrogen) atoms. The summed E-state index contributed by atoms with van der Waals surface area (Å²) in [5.41, 5.74) is 5.39. The number of rotatable bonds is 3. The van der Waals surface area contributed by atoms with E-state index in [4.69, 9.17) is 21.8 Å². The third-order valence-electron chi connectivity index (χ3n) is 1.90. The Morgan fingerprint density at radius 1 is 1.44 bits per heavy atom. The molecule has 0 aromatic carbocycles. The second kappa shape index (κ2) is 4.42. The fourth-order valence-corrected chi connectivity index (χ4v) is 2.22. The van der Waals surface area contributed by atoms with Crippen LogP contribution in [0.2, 0.25) is 5.02 Å². The number of aromatic nitrogens is 3. The SMILES string of the molecule is Cc1nnc(NS(=O)(=O)c2cnc(N)c(Cl)c2)o1.